The van der Waals surface area contributed by atoms with Crippen LogP contribution in [0.25, 0.3) is 0 Å². The van der Waals surface area contributed by atoms with Crippen molar-refractivity contribution >= 4 is 11.6 Å². The number of rotatable bonds is 5. The number of hydrogen-bond donors (Lipinski definition) is 1. The van der Waals surface area contributed by atoms with Gasteiger partial charge in [0.25, 0.3) is 0 Å². The summed E-state index contributed by atoms with van der Waals surface area (Å²) in [6, 6.07) is 5.18. The molecule has 0 radical (unpaired) electrons. The highest BCUT2D eigenvalue weighted by atomic mass is 35.5. The van der Waals surface area contributed by atoms with E-state index in [9.17, 15) is 5.11 Å². The van der Waals surface area contributed by atoms with E-state index >= 15 is 0 Å². The van der Waals surface area contributed by atoms with Gasteiger partial charge in [-0.25, -0.2) is 9.67 Å². The zero-order chi connectivity index (χ0) is 13.8. The van der Waals surface area contributed by atoms with Crippen LogP contribution in [0, 0.1) is 0 Å². The number of aryl methyl sites for hydroxylation is 1. The van der Waals surface area contributed by atoms with Crippen molar-refractivity contribution in [1.29, 1.82) is 0 Å². The Morgan fingerprint density at radius 2 is 2.26 bits per heavy atom. The lowest BCUT2D eigenvalue weighted by atomic mass is 10.1. The Kier molecular flexibility index (Phi) is 4.39. The van der Waals surface area contributed by atoms with Crippen molar-refractivity contribution in [3.63, 3.8) is 0 Å². The van der Waals surface area contributed by atoms with Gasteiger partial charge in [0.15, 0.2) is 5.82 Å². The van der Waals surface area contributed by atoms with Gasteiger partial charge in [0, 0.05) is 17.1 Å². The first-order chi connectivity index (χ1) is 9.11. The van der Waals surface area contributed by atoms with Crippen LogP contribution in [0.5, 0.6) is 5.75 Å². The van der Waals surface area contributed by atoms with Gasteiger partial charge in [-0.2, -0.15) is 5.10 Å². The lowest BCUT2D eigenvalue weighted by Gasteiger charge is -2.13. The van der Waals surface area contributed by atoms with Gasteiger partial charge >= 0.3 is 0 Å². The molecular weight excluding hydrogens is 266 g/mol. The molecule has 19 heavy (non-hydrogen) atoms. The zero-order valence-corrected chi connectivity index (χ0v) is 11.6. The van der Waals surface area contributed by atoms with Gasteiger partial charge in [-0.05, 0) is 32.0 Å². The molecule has 0 spiro atoms. The van der Waals surface area contributed by atoms with E-state index in [0.29, 0.717) is 22.9 Å². The summed E-state index contributed by atoms with van der Waals surface area (Å²) < 4.78 is 7.46. The molecule has 0 fully saturated rings. The van der Waals surface area contributed by atoms with Gasteiger partial charge in [0.1, 0.15) is 18.7 Å². The van der Waals surface area contributed by atoms with Gasteiger partial charge in [-0.3, -0.25) is 0 Å². The summed E-state index contributed by atoms with van der Waals surface area (Å²) in [5.74, 6) is 1.35. The van der Waals surface area contributed by atoms with Crippen LogP contribution >= 0.6 is 11.6 Å². The Bertz CT molecular complexity index is 555. The molecule has 1 N–H and O–H groups in total. The van der Waals surface area contributed by atoms with Gasteiger partial charge in [-0.1, -0.05) is 11.6 Å². The normalized spacial score (nSPS) is 12.4. The smallest absolute Gasteiger partial charge is 0.164 e. The second-order valence-corrected chi connectivity index (χ2v) is 4.58. The van der Waals surface area contributed by atoms with E-state index < -0.39 is 6.10 Å². The highest BCUT2D eigenvalue weighted by molar-refractivity contribution is 6.30. The van der Waals surface area contributed by atoms with E-state index in [1.54, 1.807) is 29.8 Å². The highest BCUT2D eigenvalue weighted by Crippen LogP contribution is 2.28. The molecule has 0 unspecified atom stereocenters. The summed E-state index contributed by atoms with van der Waals surface area (Å²) in [6.07, 6.45) is 0.859. The van der Waals surface area contributed by atoms with Crippen molar-refractivity contribution < 1.29 is 9.84 Å². The topological polar surface area (TPSA) is 60.2 Å². The predicted molar refractivity (Wildman–Crippen MR) is 72.1 cm³/mol. The summed E-state index contributed by atoms with van der Waals surface area (Å²) in [4.78, 5) is 4.13. The molecule has 1 heterocycles. The molecule has 0 saturated heterocycles. The molecule has 6 heteroatoms. The largest absolute Gasteiger partial charge is 0.485 e. The second kappa shape index (κ2) is 6.04. The third kappa shape index (κ3) is 3.24. The second-order valence-electron chi connectivity index (χ2n) is 4.14. The van der Waals surface area contributed by atoms with Crippen LogP contribution in [-0.2, 0) is 13.2 Å². The molecule has 2 aromatic rings. The van der Waals surface area contributed by atoms with E-state index in [2.05, 4.69) is 10.1 Å². The third-order valence-corrected chi connectivity index (χ3v) is 3.01. The fourth-order valence-corrected chi connectivity index (χ4v) is 1.96. The lowest BCUT2D eigenvalue weighted by Crippen LogP contribution is -2.08. The van der Waals surface area contributed by atoms with Crippen molar-refractivity contribution in [2.45, 2.75) is 33.1 Å². The molecule has 0 amide bonds. The Morgan fingerprint density at radius 1 is 1.47 bits per heavy atom. The number of halogens is 1. The van der Waals surface area contributed by atoms with Gasteiger partial charge < -0.3 is 9.84 Å². The number of aliphatic hydroxyl groups excluding tert-OH is 1. The monoisotopic (exact) mass is 281 g/mol. The van der Waals surface area contributed by atoms with Crippen molar-refractivity contribution in [3.8, 4) is 5.75 Å². The van der Waals surface area contributed by atoms with E-state index in [0.717, 1.165) is 12.4 Å². The minimum Gasteiger partial charge on any atom is -0.485 e. The average molecular weight is 282 g/mol. The quantitative estimate of drug-likeness (QED) is 0.915. The van der Waals surface area contributed by atoms with E-state index in [1.165, 1.54) is 6.33 Å². The van der Waals surface area contributed by atoms with Gasteiger partial charge in [-0.15, -0.1) is 0 Å². The Hall–Kier alpha value is -1.59. The summed E-state index contributed by atoms with van der Waals surface area (Å²) >= 11 is 5.92. The van der Waals surface area contributed by atoms with Crippen molar-refractivity contribution in [3.05, 3.63) is 40.9 Å². The van der Waals surface area contributed by atoms with Gasteiger partial charge in [0.2, 0.25) is 0 Å². The summed E-state index contributed by atoms with van der Waals surface area (Å²) in [5, 5.41) is 14.4. The number of benzene rings is 1. The summed E-state index contributed by atoms with van der Waals surface area (Å²) in [5.41, 5.74) is 0.662. The first-order valence-electron chi connectivity index (χ1n) is 6.08. The molecule has 1 aromatic heterocycles. The fourth-order valence-electron chi connectivity index (χ4n) is 1.78. The molecule has 5 nitrogen and oxygen atoms in total. The first-order valence-corrected chi connectivity index (χ1v) is 6.46. The van der Waals surface area contributed by atoms with Crippen LogP contribution in [0.1, 0.15) is 31.3 Å². The SMILES string of the molecule is CCn1ncnc1COc1ccc(Cl)cc1[C@@H](C)O. The van der Waals surface area contributed by atoms with Crippen molar-refractivity contribution in [2.75, 3.05) is 0 Å². The molecule has 1 atom stereocenters. The zero-order valence-electron chi connectivity index (χ0n) is 10.9. The molecule has 0 aliphatic rings. The molecule has 1 aromatic carbocycles. The maximum Gasteiger partial charge on any atom is 0.164 e. The van der Waals surface area contributed by atoms with Gasteiger partial charge in [0.05, 0.1) is 6.10 Å². The van der Waals surface area contributed by atoms with Crippen LogP contribution in [-0.4, -0.2) is 19.9 Å². The maximum absolute atomic E-state index is 9.72. The van der Waals surface area contributed by atoms with Crippen LogP contribution in [0.2, 0.25) is 5.02 Å². The Labute approximate surface area is 116 Å². The van der Waals surface area contributed by atoms with E-state index in [1.807, 2.05) is 6.92 Å². The average Bonchev–Trinajstić information content (AvgIpc) is 2.84. The van der Waals surface area contributed by atoms with Crippen LogP contribution in [0.4, 0.5) is 0 Å². The highest BCUT2D eigenvalue weighted by Gasteiger charge is 2.11. The molecule has 0 bridgehead atoms. The molecule has 2 rings (SSSR count). The first kappa shape index (κ1) is 13.8. The van der Waals surface area contributed by atoms with E-state index in [4.69, 9.17) is 16.3 Å². The number of nitrogens with zero attached hydrogens (tertiary/aromatic N) is 3. The Morgan fingerprint density at radius 3 is 2.95 bits per heavy atom. The standard InChI is InChI=1S/C13H16ClN3O2/c1-3-17-13(15-8-16-17)7-19-12-5-4-10(14)6-11(12)9(2)18/h4-6,8-9,18H,3,7H2,1-2H3/t9-/m1/s1. The van der Waals surface area contributed by atoms with Crippen LogP contribution < -0.4 is 4.74 Å². The summed E-state index contributed by atoms with van der Waals surface area (Å²) in [6.45, 7) is 4.70. The minimum absolute atomic E-state index is 0.301. The third-order valence-electron chi connectivity index (χ3n) is 2.77. The van der Waals surface area contributed by atoms with Crippen LogP contribution in [0.3, 0.4) is 0 Å². The number of aromatic nitrogens is 3. The van der Waals surface area contributed by atoms with Crippen molar-refractivity contribution in [1.82, 2.24) is 14.8 Å². The molecular formula is C13H16ClN3O2. The molecule has 0 aliphatic carbocycles. The molecule has 0 aliphatic heterocycles. The minimum atomic E-state index is -0.641. The van der Waals surface area contributed by atoms with E-state index in [-0.39, 0.29) is 0 Å². The number of aliphatic hydroxyl groups is 1. The van der Waals surface area contributed by atoms with Crippen molar-refractivity contribution in [2.24, 2.45) is 0 Å². The molecule has 0 saturated carbocycles. The Balaban J connectivity index is 2.15. The fraction of sp³-hybridized carbons (Fsp3) is 0.385. The maximum atomic E-state index is 9.72. The number of ether oxygens (including phenoxy) is 1. The van der Waals surface area contributed by atoms with Crippen LogP contribution in [0.15, 0.2) is 24.5 Å². The predicted octanol–water partition coefficient (Wildman–Crippen LogP) is 2.58. The lowest BCUT2D eigenvalue weighted by molar-refractivity contribution is 0.189. The number of hydrogen-bond acceptors (Lipinski definition) is 4. The molecule has 102 valence electrons. The summed E-state index contributed by atoms with van der Waals surface area (Å²) in [7, 11) is 0.